The number of rotatable bonds is 3. The van der Waals surface area contributed by atoms with Gasteiger partial charge in [-0.1, -0.05) is 42.0 Å². The number of hydrogen-bond donors (Lipinski definition) is 1. The van der Waals surface area contributed by atoms with Crippen LogP contribution in [-0.4, -0.2) is 9.55 Å². The second-order valence-electron chi connectivity index (χ2n) is 5.81. The molecule has 0 saturated carbocycles. The third kappa shape index (κ3) is 2.45. The topological polar surface area (TPSA) is 43.8 Å². The van der Waals surface area contributed by atoms with Crippen LogP contribution in [0.25, 0.3) is 11.0 Å². The fourth-order valence-corrected chi connectivity index (χ4v) is 2.75. The molecule has 1 heterocycles. The minimum atomic E-state index is -0.208. The van der Waals surface area contributed by atoms with Gasteiger partial charge in [-0.15, -0.1) is 0 Å². The van der Waals surface area contributed by atoms with Crippen molar-refractivity contribution < 1.29 is 0 Å². The van der Waals surface area contributed by atoms with Gasteiger partial charge in [-0.2, -0.15) is 0 Å². The van der Waals surface area contributed by atoms with Crippen molar-refractivity contribution in [2.24, 2.45) is 5.73 Å². The molecule has 0 spiro atoms. The van der Waals surface area contributed by atoms with Gasteiger partial charge in [-0.05, 0) is 38.5 Å². The number of imidazole rings is 1. The molecular weight excluding hydrogens is 258 g/mol. The summed E-state index contributed by atoms with van der Waals surface area (Å²) in [5, 5.41) is 0. The van der Waals surface area contributed by atoms with E-state index in [-0.39, 0.29) is 6.04 Å². The van der Waals surface area contributed by atoms with E-state index in [2.05, 4.69) is 55.7 Å². The van der Waals surface area contributed by atoms with E-state index >= 15 is 0 Å². The Morgan fingerprint density at radius 3 is 2.33 bits per heavy atom. The van der Waals surface area contributed by atoms with E-state index < -0.39 is 0 Å². The van der Waals surface area contributed by atoms with Crippen molar-refractivity contribution in [1.82, 2.24) is 9.55 Å². The average molecular weight is 279 g/mol. The molecule has 3 nitrogen and oxygen atoms in total. The molecule has 0 aliphatic heterocycles. The Balaban J connectivity index is 2.14. The highest BCUT2D eigenvalue weighted by Crippen LogP contribution is 2.27. The number of nitrogens with zero attached hydrogens (tertiary/aromatic N) is 2. The summed E-state index contributed by atoms with van der Waals surface area (Å²) in [6.07, 6.45) is 0. The fourth-order valence-electron chi connectivity index (χ4n) is 2.75. The SMILES string of the molecule is Cc1ccc(C(N)c2nc3ccccc3n2C(C)C)cc1. The highest BCUT2D eigenvalue weighted by Gasteiger charge is 2.19. The predicted octanol–water partition coefficient (Wildman–Crippen LogP) is 3.97. The van der Waals surface area contributed by atoms with Crippen molar-refractivity contribution in [2.75, 3.05) is 0 Å². The first-order chi connectivity index (χ1) is 10.1. The van der Waals surface area contributed by atoms with Crippen LogP contribution in [0.5, 0.6) is 0 Å². The Bertz CT molecular complexity index is 754. The van der Waals surface area contributed by atoms with Crippen molar-refractivity contribution in [1.29, 1.82) is 0 Å². The minimum absolute atomic E-state index is 0.208. The summed E-state index contributed by atoms with van der Waals surface area (Å²) in [6, 6.07) is 16.7. The maximum atomic E-state index is 6.49. The summed E-state index contributed by atoms with van der Waals surface area (Å²) in [4.78, 5) is 4.77. The standard InChI is InChI=1S/C18H21N3/c1-12(2)21-16-7-5-4-6-15(16)20-18(21)17(19)14-10-8-13(3)9-11-14/h4-12,17H,19H2,1-3H3. The normalized spacial score (nSPS) is 13.0. The Labute approximate surface area is 125 Å². The molecule has 2 N–H and O–H groups in total. The van der Waals surface area contributed by atoms with Crippen LogP contribution < -0.4 is 5.73 Å². The maximum Gasteiger partial charge on any atom is 0.131 e. The highest BCUT2D eigenvalue weighted by atomic mass is 15.1. The van der Waals surface area contributed by atoms with E-state index in [1.165, 1.54) is 5.56 Å². The van der Waals surface area contributed by atoms with Crippen LogP contribution in [0.15, 0.2) is 48.5 Å². The van der Waals surface area contributed by atoms with Crippen LogP contribution in [0.4, 0.5) is 0 Å². The van der Waals surface area contributed by atoms with E-state index in [9.17, 15) is 0 Å². The summed E-state index contributed by atoms with van der Waals surface area (Å²) in [5.74, 6) is 0.926. The van der Waals surface area contributed by atoms with Crippen LogP contribution in [0.2, 0.25) is 0 Å². The lowest BCUT2D eigenvalue weighted by atomic mass is 10.1. The molecule has 21 heavy (non-hydrogen) atoms. The van der Waals surface area contributed by atoms with Gasteiger partial charge >= 0.3 is 0 Å². The first-order valence-corrected chi connectivity index (χ1v) is 7.37. The number of hydrogen-bond acceptors (Lipinski definition) is 2. The van der Waals surface area contributed by atoms with E-state index in [0.717, 1.165) is 22.4 Å². The summed E-state index contributed by atoms with van der Waals surface area (Å²) in [6.45, 7) is 6.41. The first kappa shape index (κ1) is 13.8. The van der Waals surface area contributed by atoms with Crippen LogP contribution in [0.3, 0.4) is 0 Å². The lowest BCUT2D eigenvalue weighted by Crippen LogP contribution is -2.19. The second kappa shape index (κ2) is 5.34. The molecule has 0 saturated heterocycles. The third-order valence-corrected chi connectivity index (χ3v) is 3.85. The van der Waals surface area contributed by atoms with Crippen LogP contribution >= 0.6 is 0 Å². The molecule has 1 aromatic heterocycles. The van der Waals surface area contributed by atoms with Gasteiger partial charge in [-0.25, -0.2) is 4.98 Å². The fraction of sp³-hybridized carbons (Fsp3) is 0.278. The zero-order chi connectivity index (χ0) is 15.0. The van der Waals surface area contributed by atoms with Gasteiger partial charge in [0.15, 0.2) is 0 Å². The van der Waals surface area contributed by atoms with E-state index in [0.29, 0.717) is 6.04 Å². The molecule has 3 aromatic rings. The molecule has 0 aliphatic rings. The van der Waals surface area contributed by atoms with Gasteiger partial charge in [0.25, 0.3) is 0 Å². The monoisotopic (exact) mass is 279 g/mol. The number of benzene rings is 2. The van der Waals surface area contributed by atoms with Crippen LogP contribution in [-0.2, 0) is 0 Å². The Hall–Kier alpha value is -2.13. The predicted molar refractivity (Wildman–Crippen MR) is 87.3 cm³/mol. The van der Waals surface area contributed by atoms with Gasteiger partial charge in [0.2, 0.25) is 0 Å². The molecule has 0 radical (unpaired) electrons. The van der Waals surface area contributed by atoms with Gasteiger partial charge in [0, 0.05) is 6.04 Å². The number of aromatic nitrogens is 2. The number of nitrogens with two attached hydrogens (primary N) is 1. The molecule has 0 fully saturated rings. The molecule has 2 aromatic carbocycles. The average Bonchev–Trinajstić information content (AvgIpc) is 2.86. The molecule has 0 bridgehead atoms. The molecule has 108 valence electrons. The van der Waals surface area contributed by atoms with Crippen molar-refractivity contribution in [3.05, 3.63) is 65.5 Å². The molecule has 0 aliphatic carbocycles. The van der Waals surface area contributed by atoms with E-state index in [4.69, 9.17) is 10.7 Å². The van der Waals surface area contributed by atoms with Gasteiger partial charge in [-0.3, -0.25) is 0 Å². The van der Waals surface area contributed by atoms with E-state index in [1.54, 1.807) is 0 Å². The van der Waals surface area contributed by atoms with Gasteiger partial charge in [0.05, 0.1) is 17.1 Å². The van der Waals surface area contributed by atoms with Crippen LogP contribution in [0.1, 0.15) is 42.9 Å². The molecule has 0 amide bonds. The zero-order valence-corrected chi connectivity index (χ0v) is 12.7. The van der Waals surface area contributed by atoms with Crippen molar-refractivity contribution in [3.63, 3.8) is 0 Å². The number of aryl methyl sites for hydroxylation is 1. The van der Waals surface area contributed by atoms with Crippen molar-refractivity contribution in [3.8, 4) is 0 Å². The third-order valence-electron chi connectivity index (χ3n) is 3.85. The molecule has 1 atom stereocenters. The van der Waals surface area contributed by atoms with Gasteiger partial charge < -0.3 is 10.3 Å². The van der Waals surface area contributed by atoms with Crippen molar-refractivity contribution in [2.45, 2.75) is 32.9 Å². The Kier molecular flexibility index (Phi) is 3.52. The smallest absolute Gasteiger partial charge is 0.131 e. The molecular formula is C18H21N3. The number of para-hydroxylation sites is 2. The lowest BCUT2D eigenvalue weighted by Gasteiger charge is -2.18. The first-order valence-electron chi connectivity index (χ1n) is 7.37. The summed E-state index contributed by atoms with van der Waals surface area (Å²) < 4.78 is 2.24. The molecule has 3 heteroatoms. The Morgan fingerprint density at radius 2 is 1.67 bits per heavy atom. The van der Waals surface area contributed by atoms with E-state index in [1.807, 2.05) is 18.2 Å². The zero-order valence-electron chi connectivity index (χ0n) is 12.7. The maximum absolute atomic E-state index is 6.49. The molecule has 1 unspecified atom stereocenters. The largest absolute Gasteiger partial charge is 0.324 e. The summed E-state index contributed by atoms with van der Waals surface area (Å²) in [5.41, 5.74) is 11.0. The Morgan fingerprint density at radius 1 is 1.00 bits per heavy atom. The lowest BCUT2D eigenvalue weighted by molar-refractivity contribution is 0.567. The quantitative estimate of drug-likeness (QED) is 0.788. The van der Waals surface area contributed by atoms with Crippen LogP contribution in [0, 0.1) is 6.92 Å². The summed E-state index contributed by atoms with van der Waals surface area (Å²) in [7, 11) is 0. The van der Waals surface area contributed by atoms with Crippen molar-refractivity contribution >= 4 is 11.0 Å². The summed E-state index contributed by atoms with van der Waals surface area (Å²) >= 11 is 0. The number of fused-ring (bicyclic) bond motifs is 1. The molecule has 3 rings (SSSR count). The second-order valence-corrected chi connectivity index (χ2v) is 5.81. The minimum Gasteiger partial charge on any atom is -0.324 e. The highest BCUT2D eigenvalue weighted by molar-refractivity contribution is 5.76. The van der Waals surface area contributed by atoms with Gasteiger partial charge in [0.1, 0.15) is 5.82 Å².